The standard InChI is InChI=1S/C15H20N2O3/c1-16-14(18)7-4-8-17-10-12-6-3-2-5-11(12)9-13(17)15(19)20/h2-3,5-6,13H,4,7-10H2,1H3,(H,16,18)(H,19,20)/t13-/m0/s1. The third kappa shape index (κ3) is 3.36. The van der Waals surface area contributed by atoms with Crippen molar-refractivity contribution < 1.29 is 14.7 Å². The van der Waals surface area contributed by atoms with E-state index in [2.05, 4.69) is 5.32 Å². The van der Waals surface area contributed by atoms with Crippen molar-refractivity contribution in [1.29, 1.82) is 0 Å². The van der Waals surface area contributed by atoms with Crippen LogP contribution in [0.3, 0.4) is 0 Å². The lowest BCUT2D eigenvalue weighted by atomic mass is 9.94. The monoisotopic (exact) mass is 276 g/mol. The second-order valence-corrected chi connectivity index (χ2v) is 5.07. The maximum Gasteiger partial charge on any atom is 0.321 e. The van der Waals surface area contributed by atoms with Crippen LogP contribution in [0.15, 0.2) is 24.3 Å². The minimum atomic E-state index is -0.792. The van der Waals surface area contributed by atoms with Gasteiger partial charge in [-0.25, -0.2) is 0 Å². The molecule has 20 heavy (non-hydrogen) atoms. The summed E-state index contributed by atoms with van der Waals surface area (Å²) >= 11 is 0. The third-order valence-corrected chi connectivity index (χ3v) is 3.76. The summed E-state index contributed by atoms with van der Waals surface area (Å²) in [6.45, 7) is 1.26. The van der Waals surface area contributed by atoms with Gasteiger partial charge in [-0.3, -0.25) is 14.5 Å². The molecule has 0 fully saturated rings. The van der Waals surface area contributed by atoms with Gasteiger partial charge < -0.3 is 10.4 Å². The van der Waals surface area contributed by atoms with Crippen LogP contribution >= 0.6 is 0 Å². The molecule has 108 valence electrons. The lowest BCUT2D eigenvalue weighted by Gasteiger charge is -2.34. The maximum atomic E-state index is 11.4. The molecule has 1 amide bonds. The minimum Gasteiger partial charge on any atom is -0.480 e. The van der Waals surface area contributed by atoms with E-state index in [9.17, 15) is 14.7 Å². The SMILES string of the molecule is CNC(=O)CCCN1Cc2ccccc2C[C@H]1C(=O)O. The summed E-state index contributed by atoms with van der Waals surface area (Å²) in [6, 6.07) is 7.46. The highest BCUT2D eigenvalue weighted by Gasteiger charge is 2.30. The number of aliphatic carboxylic acids is 1. The summed E-state index contributed by atoms with van der Waals surface area (Å²) in [5, 5.41) is 11.9. The van der Waals surface area contributed by atoms with Crippen LogP contribution in [0, 0.1) is 0 Å². The molecule has 0 radical (unpaired) electrons. The van der Waals surface area contributed by atoms with E-state index >= 15 is 0 Å². The van der Waals surface area contributed by atoms with Crippen LogP contribution in [-0.4, -0.2) is 41.5 Å². The Morgan fingerprint density at radius 1 is 1.35 bits per heavy atom. The van der Waals surface area contributed by atoms with Gasteiger partial charge in [-0.2, -0.15) is 0 Å². The molecule has 2 N–H and O–H groups in total. The average Bonchev–Trinajstić information content (AvgIpc) is 2.46. The van der Waals surface area contributed by atoms with Crippen molar-refractivity contribution in [2.45, 2.75) is 31.8 Å². The van der Waals surface area contributed by atoms with Crippen LogP contribution in [0.5, 0.6) is 0 Å². The molecule has 1 aliphatic rings. The van der Waals surface area contributed by atoms with Crippen LogP contribution in [0.2, 0.25) is 0 Å². The highest BCUT2D eigenvalue weighted by molar-refractivity contribution is 5.75. The fourth-order valence-corrected chi connectivity index (χ4v) is 2.62. The van der Waals surface area contributed by atoms with Gasteiger partial charge in [0.25, 0.3) is 0 Å². The number of carbonyl (C=O) groups excluding carboxylic acids is 1. The molecule has 5 heteroatoms. The van der Waals surface area contributed by atoms with E-state index in [0.717, 1.165) is 5.56 Å². The van der Waals surface area contributed by atoms with E-state index < -0.39 is 12.0 Å². The van der Waals surface area contributed by atoms with E-state index in [4.69, 9.17) is 0 Å². The van der Waals surface area contributed by atoms with Crippen molar-refractivity contribution in [3.63, 3.8) is 0 Å². The zero-order valence-electron chi connectivity index (χ0n) is 11.6. The van der Waals surface area contributed by atoms with E-state index in [0.29, 0.717) is 32.4 Å². The molecule has 0 spiro atoms. The number of carboxylic acid groups (broad SMARTS) is 1. The van der Waals surface area contributed by atoms with Crippen LogP contribution in [0.25, 0.3) is 0 Å². The van der Waals surface area contributed by atoms with E-state index in [1.165, 1.54) is 5.56 Å². The molecule has 0 aliphatic carbocycles. The normalized spacial score (nSPS) is 18.4. The summed E-state index contributed by atoms with van der Waals surface area (Å²) < 4.78 is 0. The summed E-state index contributed by atoms with van der Waals surface area (Å²) in [6.07, 6.45) is 1.64. The van der Waals surface area contributed by atoms with Crippen molar-refractivity contribution in [2.24, 2.45) is 0 Å². The van der Waals surface area contributed by atoms with Crippen molar-refractivity contribution in [3.8, 4) is 0 Å². The molecule has 1 atom stereocenters. The number of nitrogens with one attached hydrogen (secondary N) is 1. The summed E-state index contributed by atoms with van der Waals surface area (Å²) in [7, 11) is 1.61. The van der Waals surface area contributed by atoms with Crippen LogP contribution in [-0.2, 0) is 22.6 Å². The summed E-state index contributed by atoms with van der Waals surface area (Å²) in [5.41, 5.74) is 2.30. The number of hydrogen-bond donors (Lipinski definition) is 2. The fraction of sp³-hybridized carbons (Fsp3) is 0.467. The summed E-state index contributed by atoms with van der Waals surface area (Å²) in [5.74, 6) is -0.797. The van der Waals surface area contributed by atoms with Gasteiger partial charge in [0.1, 0.15) is 6.04 Å². The molecule has 0 aromatic heterocycles. The van der Waals surface area contributed by atoms with Gasteiger partial charge in [-0.05, 0) is 30.5 Å². The van der Waals surface area contributed by atoms with Crippen molar-refractivity contribution in [3.05, 3.63) is 35.4 Å². The Kier molecular flexibility index (Phi) is 4.74. The Morgan fingerprint density at radius 3 is 2.70 bits per heavy atom. The number of carboxylic acids is 1. The first-order valence-corrected chi connectivity index (χ1v) is 6.86. The molecule has 1 aromatic rings. The zero-order chi connectivity index (χ0) is 14.5. The van der Waals surface area contributed by atoms with Gasteiger partial charge in [-0.15, -0.1) is 0 Å². The zero-order valence-corrected chi connectivity index (χ0v) is 11.6. The Bertz CT molecular complexity index is 502. The van der Waals surface area contributed by atoms with Gasteiger partial charge in [0.2, 0.25) is 5.91 Å². The van der Waals surface area contributed by atoms with Gasteiger partial charge in [0, 0.05) is 20.0 Å². The fourth-order valence-electron chi connectivity index (χ4n) is 2.62. The number of carbonyl (C=O) groups is 2. The second-order valence-electron chi connectivity index (χ2n) is 5.07. The first-order valence-electron chi connectivity index (χ1n) is 6.86. The van der Waals surface area contributed by atoms with Crippen molar-refractivity contribution in [1.82, 2.24) is 10.2 Å². The molecule has 0 saturated heterocycles. The molecule has 2 rings (SSSR count). The number of hydrogen-bond acceptors (Lipinski definition) is 3. The lowest BCUT2D eigenvalue weighted by molar-refractivity contribution is -0.144. The highest BCUT2D eigenvalue weighted by atomic mass is 16.4. The van der Waals surface area contributed by atoms with Gasteiger partial charge >= 0.3 is 5.97 Å². The average molecular weight is 276 g/mol. The first kappa shape index (κ1) is 14.5. The quantitative estimate of drug-likeness (QED) is 0.842. The summed E-state index contributed by atoms with van der Waals surface area (Å²) in [4.78, 5) is 24.6. The molecule has 1 aromatic carbocycles. The molecular formula is C15H20N2O3. The van der Waals surface area contributed by atoms with Crippen LogP contribution in [0.1, 0.15) is 24.0 Å². The van der Waals surface area contributed by atoms with Crippen molar-refractivity contribution in [2.75, 3.05) is 13.6 Å². The Balaban J connectivity index is 2.03. The van der Waals surface area contributed by atoms with Crippen molar-refractivity contribution >= 4 is 11.9 Å². The molecule has 5 nitrogen and oxygen atoms in total. The van der Waals surface area contributed by atoms with Gasteiger partial charge in [0.05, 0.1) is 0 Å². The van der Waals surface area contributed by atoms with E-state index in [1.807, 2.05) is 29.2 Å². The molecule has 0 unspecified atom stereocenters. The Morgan fingerprint density at radius 2 is 2.05 bits per heavy atom. The smallest absolute Gasteiger partial charge is 0.321 e. The first-order chi connectivity index (χ1) is 9.61. The number of rotatable bonds is 5. The topological polar surface area (TPSA) is 69.6 Å². The lowest BCUT2D eigenvalue weighted by Crippen LogP contribution is -2.46. The minimum absolute atomic E-state index is 0.00529. The number of nitrogens with zero attached hydrogens (tertiary/aromatic N) is 1. The predicted octanol–water partition coefficient (Wildman–Crippen LogP) is 1.02. The molecular weight excluding hydrogens is 256 g/mol. The maximum absolute atomic E-state index is 11.4. The Hall–Kier alpha value is -1.88. The van der Waals surface area contributed by atoms with Gasteiger partial charge in [0.15, 0.2) is 0 Å². The molecule has 0 bridgehead atoms. The highest BCUT2D eigenvalue weighted by Crippen LogP contribution is 2.23. The second kappa shape index (κ2) is 6.52. The van der Waals surface area contributed by atoms with Gasteiger partial charge in [-0.1, -0.05) is 24.3 Å². The van der Waals surface area contributed by atoms with E-state index in [1.54, 1.807) is 7.05 Å². The van der Waals surface area contributed by atoms with Crippen LogP contribution < -0.4 is 5.32 Å². The molecule has 0 saturated carbocycles. The van der Waals surface area contributed by atoms with E-state index in [-0.39, 0.29) is 5.91 Å². The number of benzene rings is 1. The number of amides is 1. The predicted molar refractivity (Wildman–Crippen MR) is 75.3 cm³/mol. The Labute approximate surface area is 118 Å². The molecule has 1 heterocycles. The molecule has 1 aliphatic heterocycles. The number of fused-ring (bicyclic) bond motifs is 1. The van der Waals surface area contributed by atoms with Crippen LogP contribution in [0.4, 0.5) is 0 Å². The largest absolute Gasteiger partial charge is 0.480 e. The third-order valence-electron chi connectivity index (χ3n) is 3.76.